The summed E-state index contributed by atoms with van der Waals surface area (Å²) in [4.78, 5) is 0.473. The summed E-state index contributed by atoms with van der Waals surface area (Å²) in [6.45, 7) is 10.7. The van der Waals surface area contributed by atoms with Crippen LogP contribution in [0.3, 0.4) is 0 Å². The highest BCUT2D eigenvalue weighted by molar-refractivity contribution is 7.89. The molecule has 2 N–H and O–H groups in total. The number of nitrogens with zero attached hydrogens (tertiary/aromatic N) is 1. The molecule has 0 aromatic heterocycles. The first kappa shape index (κ1) is 16.5. The van der Waals surface area contributed by atoms with Crippen LogP contribution < -0.4 is 5.73 Å². The average Bonchev–Trinajstić information content (AvgIpc) is 2.35. The van der Waals surface area contributed by atoms with Gasteiger partial charge in [0, 0.05) is 19.1 Å². The predicted molar refractivity (Wildman–Crippen MR) is 85.9 cm³/mol. The number of rotatable bonds is 2. The highest BCUT2D eigenvalue weighted by Crippen LogP contribution is 2.30. The fraction of sp³-hybridized carbons (Fsp3) is 0.625. The third kappa shape index (κ3) is 3.00. The lowest BCUT2D eigenvalue weighted by Gasteiger charge is -2.34. The summed E-state index contributed by atoms with van der Waals surface area (Å²) in [6.07, 6.45) is 0.886. The lowest BCUT2D eigenvalue weighted by atomic mass is 9.99. The van der Waals surface area contributed by atoms with Crippen molar-refractivity contribution in [2.45, 2.75) is 52.0 Å². The van der Waals surface area contributed by atoms with Crippen LogP contribution in [0.25, 0.3) is 0 Å². The minimum absolute atomic E-state index is 0.0740. The van der Waals surface area contributed by atoms with Gasteiger partial charge in [-0.15, -0.1) is 0 Å². The highest BCUT2D eigenvalue weighted by atomic mass is 32.2. The molecule has 5 heteroatoms. The number of hydrogen-bond acceptors (Lipinski definition) is 3. The summed E-state index contributed by atoms with van der Waals surface area (Å²) in [5.41, 5.74) is 9.76. The van der Waals surface area contributed by atoms with Crippen molar-refractivity contribution in [2.24, 2.45) is 11.7 Å². The van der Waals surface area contributed by atoms with E-state index in [0.29, 0.717) is 23.9 Å². The van der Waals surface area contributed by atoms with Gasteiger partial charge in [0.2, 0.25) is 10.0 Å². The summed E-state index contributed by atoms with van der Waals surface area (Å²) in [5, 5.41) is 0. The fourth-order valence-electron chi connectivity index (χ4n) is 3.24. The summed E-state index contributed by atoms with van der Waals surface area (Å²) in [7, 11) is -3.48. The van der Waals surface area contributed by atoms with Crippen LogP contribution >= 0.6 is 0 Å². The first-order chi connectivity index (χ1) is 9.64. The molecule has 0 saturated carbocycles. The van der Waals surface area contributed by atoms with Gasteiger partial charge in [-0.05, 0) is 62.3 Å². The van der Waals surface area contributed by atoms with Crippen molar-refractivity contribution in [1.82, 2.24) is 4.31 Å². The molecule has 4 nitrogen and oxygen atoms in total. The van der Waals surface area contributed by atoms with E-state index in [9.17, 15) is 8.42 Å². The van der Waals surface area contributed by atoms with Gasteiger partial charge in [0.15, 0.2) is 0 Å². The molecule has 0 spiro atoms. The highest BCUT2D eigenvalue weighted by Gasteiger charge is 2.34. The van der Waals surface area contributed by atoms with Crippen molar-refractivity contribution in [3.63, 3.8) is 0 Å². The van der Waals surface area contributed by atoms with Gasteiger partial charge in [-0.2, -0.15) is 4.31 Å². The molecule has 1 aliphatic rings. The second kappa shape index (κ2) is 5.71. The summed E-state index contributed by atoms with van der Waals surface area (Å²) >= 11 is 0. The summed E-state index contributed by atoms with van der Waals surface area (Å²) in [5.74, 6) is 0.301. The van der Waals surface area contributed by atoms with E-state index >= 15 is 0 Å². The maximum atomic E-state index is 13.1. The molecule has 118 valence electrons. The number of sulfonamides is 1. The van der Waals surface area contributed by atoms with Gasteiger partial charge in [0.25, 0.3) is 0 Å². The maximum absolute atomic E-state index is 13.1. The molecule has 1 heterocycles. The molecule has 1 aromatic rings. The maximum Gasteiger partial charge on any atom is 0.243 e. The quantitative estimate of drug-likeness (QED) is 0.911. The smallest absolute Gasteiger partial charge is 0.243 e. The van der Waals surface area contributed by atoms with Crippen LogP contribution in [0.2, 0.25) is 0 Å². The van der Waals surface area contributed by atoms with E-state index in [0.717, 1.165) is 28.7 Å². The minimum Gasteiger partial charge on any atom is -0.326 e. The molecule has 1 aliphatic heterocycles. The van der Waals surface area contributed by atoms with Gasteiger partial charge in [-0.1, -0.05) is 13.0 Å². The Bertz CT molecular complexity index is 616. The van der Waals surface area contributed by atoms with Crippen LogP contribution in [0, 0.1) is 33.6 Å². The topological polar surface area (TPSA) is 63.4 Å². The lowest BCUT2D eigenvalue weighted by molar-refractivity contribution is 0.254. The Morgan fingerprint density at radius 2 is 1.62 bits per heavy atom. The van der Waals surface area contributed by atoms with Crippen molar-refractivity contribution in [2.75, 3.05) is 13.1 Å². The first-order valence-corrected chi connectivity index (χ1v) is 8.91. The average molecular weight is 310 g/mol. The van der Waals surface area contributed by atoms with Gasteiger partial charge < -0.3 is 5.73 Å². The van der Waals surface area contributed by atoms with E-state index in [1.807, 2.05) is 33.8 Å². The Hall–Kier alpha value is -0.910. The minimum atomic E-state index is -3.48. The van der Waals surface area contributed by atoms with E-state index in [4.69, 9.17) is 5.73 Å². The van der Waals surface area contributed by atoms with Crippen molar-refractivity contribution in [1.29, 1.82) is 0 Å². The summed E-state index contributed by atoms with van der Waals surface area (Å²) < 4.78 is 27.8. The van der Waals surface area contributed by atoms with Crippen molar-refractivity contribution >= 4 is 10.0 Å². The molecule has 1 aromatic carbocycles. The lowest BCUT2D eigenvalue weighted by Crippen LogP contribution is -2.49. The second-order valence-electron chi connectivity index (χ2n) is 6.51. The molecular formula is C16H26N2O2S. The number of piperidine rings is 1. The predicted octanol–water partition coefficient (Wildman–Crippen LogP) is 2.28. The zero-order valence-electron chi connectivity index (χ0n) is 13.6. The molecule has 1 saturated heterocycles. The van der Waals surface area contributed by atoms with Gasteiger partial charge in [0.05, 0.1) is 4.90 Å². The molecule has 1 fully saturated rings. The Balaban J connectivity index is 2.55. The van der Waals surface area contributed by atoms with Crippen LogP contribution in [0.4, 0.5) is 0 Å². The molecule has 0 aliphatic carbocycles. The number of nitrogens with two attached hydrogens (primary N) is 1. The number of hydrogen-bond donors (Lipinski definition) is 1. The Kier molecular flexibility index (Phi) is 4.47. The van der Waals surface area contributed by atoms with Crippen LogP contribution in [-0.2, 0) is 10.0 Å². The van der Waals surface area contributed by atoms with E-state index in [1.165, 1.54) is 0 Å². The Labute approximate surface area is 128 Å². The molecule has 0 bridgehead atoms. The van der Waals surface area contributed by atoms with Crippen LogP contribution in [0.15, 0.2) is 11.0 Å². The van der Waals surface area contributed by atoms with Crippen LogP contribution in [0.1, 0.15) is 35.6 Å². The fourth-order valence-corrected chi connectivity index (χ4v) is 5.44. The second-order valence-corrected chi connectivity index (χ2v) is 8.39. The van der Waals surface area contributed by atoms with Crippen molar-refractivity contribution in [3.8, 4) is 0 Å². The zero-order valence-corrected chi connectivity index (χ0v) is 14.4. The van der Waals surface area contributed by atoms with E-state index in [-0.39, 0.29) is 6.04 Å². The molecule has 2 atom stereocenters. The van der Waals surface area contributed by atoms with Gasteiger partial charge in [0.1, 0.15) is 0 Å². The van der Waals surface area contributed by atoms with E-state index in [2.05, 4.69) is 6.92 Å². The third-order valence-electron chi connectivity index (χ3n) is 4.55. The standard InChI is InChI=1S/C16H26N2O2S/c1-10-6-15(17)9-18(8-10)21(19,20)16-13(4)11(2)7-12(3)14(16)5/h7,10,15H,6,8-9,17H2,1-5H3. The molecule has 21 heavy (non-hydrogen) atoms. The first-order valence-electron chi connectivity index (χ1n) is 7.47. The zero-order chi connectivity index (χ0) is 15.9. The Morgan fingerprint density at radius 3 is 2.10 bits per heavy atom. The van der Waals surface area contributed by atoms with Gasteiger partial charge >= 0.3 is 0 Å². The van der Waals surface area contributed by atoms with E-state index < -0.39 is 10.0 Å². The monoisotopic (exact) mass is 310 g/mol. The molecule has 2 rings (SSSR count). The number of aryl methyl sites for hydroxylation is 2. The van der Waals surface area contributed by atoms with E-state index in [1.54, 1.807) is 4.31 Å². The Morgan fingerprint density at radius 1 is 1.10 bits per heavy atom. The van der Waals surface area contributed by atoms with Gasteiger partial charge in [-0.3, -0.25) is 0 Å². The van der Waals surface area contributed by atoms with Gasteiger partial charge in [-0.25, -0.2) is 8.42 Å². The number of benzene rings is 1. The van der Waals surface area contributed by atoms with Crippen molar-refractivity contribution in [3.05, 3.63) is 28.3 Å². The molecule has 0 radical (unpaired) electrons. The third-order valence-corrected chi connectivity index (χ3v) is 6.66. The normalized spacial score (nSPS) is 24.3. The molecule has 2 unspecified atom stereocenters. The van der Waals surface area contributed by atoms with Crippen LogP contribution in [0.5, 0.6) is 0 Å². The summed E-state index contributed by atoms with van der Waals surface area (Å²) in [6, 6.07) is 1.98. The van der Waals surface area contributed by atoms with Crippen molar-refractivity contribution < 1.29 is 8.42 Å². The molecular weight excluding hydrogens is 284 g/mol. The molecule has 0 amide bonds. The SMILES string of the molecule is Cc1cc(C)c(C)c(S(=O)(=O)N2CC(C)CC(N)C2)c1C. The van der Waals surface area contributed by atoms with Crippen LogP contribution in [-0.4, -0.2) is 31.9 Å². The largest absolute Gasteiger partial charge is 0.326 e.